The Balaban J connectivity index is 2.15. The molecule has 1 atom stereocenters. The molecule has 2 rings (SSSR count). The van der Waals surface area contributed by atoms with E-state index in [1.165, 1.54) is 0 Å². The van der Waals surface area contributed by atoms with Crippen molar-refractivity contribution in [3.05, 3.63) is 59.7 Å². The van der Waals surface area contributed by atoms with Gasteiger partial charge >= 0.3 is 0 Å². The topological polar surface area (TPSA) is 75.7 Å². The van der Waals surface area contributed by atoms with Crippen LogP contribution in [0.5, 0.6) is 5.75 Å². The molecule has 1 amide bonds. The van der Waals surface area contributed by atoms with E-state index in [1.54, 1.807) is 19.2 Å². The van der Waals surface area contributed by atoms with Gasteiger partial charge in [0, 0.05) is 0 Å². The molecule has 2 aromatic rings. The molecule has 6 nitrogen and oxygen atoms in total. The van der Waals surface area contributed by atoms with Gasteiger partial charge in [-0.3, -0.25) is 9.10 Å². The van der Waals surface area contributed by atoms with Gasteiger partial charge in [0.05, 0.1) is 25.1 Å². The summed E-state index contributed by atoms with van der Waals surface area (Å²) >= 11 is 0. The van der Waals surface area contributed by atoms with E-state index < -0.39 is 10.0 Å². The van der Waals surface area contributed by atoms with Crippen LogP contribution in [0.25, 0.3) is 0 Å². The molecule has 0 aliphatic rings. The molecule has 0 aliphatic heterocycles. The molecule has 0 unspecified atom stereocenters. The monoisotopic (exact) mass is 404 g/mol. The molecular formula is C21H28N2O4S. The van der Waals surface area contributed by atoms with Gasteiger partial charge < -0.3 is 10.1 Å². The van der Waals surface area contributed by atoms with Crippen LogP contribution in [0.1, 0.15) is 37.4 Å². The molecule has 0 aliphatic carbocycles. The standard InChI is InChI=1S/C21H28N2O4S/c1-5-16-7-11-18(12-8-16)23(28(4,25)26)15-21(24)22-20(6-2)17-9-13-19(27-3)14-10-17/h7-14,20H,5-6,15H2,1-4H3,(H,22,24)/t20-/m1/s1. The number of benzene rings is 2. The molecule has 0 saturated carbocycles. The van der Waals surface area contributed by atoms with E-state index >= 15 is 0 Å². The Morgan fingerprint density at radius 1 is 1.07 bits per heavy atom. The van der Waals surface area contributed by atoms with E-state index in [0.717, 1.165) is 33.9 Å². The van der Waals surface area contributed by atoms with Crippen LogP contribution in [-0.2, 0) is 21.2 Å². The first-order valence-electron chi connectivity index (χ1n) is 9.28. The fraction of sp³-hybridized carbons (Fsp3) is 0.381. The maximum atomic E-state index is 12.6. The summed E-state index contributed by atoms with van der Waals surface area (Å²) in [7, 11) is -1.99. The lowest BCUT2D eigenvalue weighted by molar-refractivity contribution is -0.120. The van der Waals surface area contributed by atoms with Gasteiger partial charge in [-0.15, -0.1) is 0 Å². The third kappa shape index (κ3) is 5.73. The molecule has 0 heterocycles. The highest BCUT2D eigenvalue weighted by atomic mass is 32.2. The van der Waals surface area contributed by atoms with Gasteiger partial charge in [0.1, 0.15) is 12.3 Å². The zero-order chi connectivity index (χ0) is 20.7. The van der Waals surface area contributed by atoms with Crippen molar-refractivity contribution in [2.75, 3.05) is 24.2 Å². The summed E-state index contributed by atoms with van der Waals surface area (Å²) in [6.45, 7) is 3.73. The number of carbonyl (C=O) groups excluding carboxylic acids is 1. The van der Waals surface area contributed by atoms with Crippen molar-refractivity contribution in [2.24, 2.45) is 0 Å². The molecular weight excluding hydrogens is 376 g/mol. The van der Waals surface area contributed by atoms with Crippen LogP contribution in [-0.4, -0.2) is 34.2 Å². The smallest absolute Gasteiger partial charge is 0.241 e. The highest BCUT2D eigenvalue weighted by molar-refractivity contribution is 7.92. The first-order chi connectivity index (χ1) is 13.3. The number of sulfonamides is 1. The molecule has 2 aromatic carbocycles. The number of rotatable bonds is 9. The number of methoxy groups -OCH3 is 1. The Hall–Kier alpha value is -2.54. The van der Waals surface area contributed by atoms with E-state index in [2.05, 4.69) is 5.32 Å². The third-order valence-corrected chi connectivity index (χ3v) is 5.72. The number of carbonyl (C=O) groups is 1. The lowest BCUT2D eigenvalue weighted by Crippen LogP contribution is -2.41. The van der Waals surface area contributed by atoms with Crippen molar-refractivity contribution in [1.29, 1.82) is 0 Å². The Labute approximate surface area is 167 Å². The fourth-order valence-corrected chi connectivity index (χ4v) is 3.78. The van der Waals surface area contributed by atoms with Crippen LogP contribution in [0.4, 0.5) is 5.69 Å². The lowest BCUT2D eigenvalue weighted by atomic mass is 10.0. The highest BCUT2D eigenvalue weighted by Gasteiger charge is 2.22. The highest BCUT2D eigenvalue weighted by Crippen LogP contribution is 2.21. The Kier molecular flexibility index (Phi) is 7.45. The maximum Gasteiger partial charge on any atom is 0.241 e. The van der Waals surface area contributed by atoms with Gasteiger partial charge in [-0.05, 0) is 48.2 Å². The zero-order valence-electron chi connectivity index (χ0n) is 16.8. The van der Waals surface area contributed by atoms with Gasteiger partial charge in [0.25, 0.3) is 0 Å². The number of anilines is 1. The van der Waals surface area contributed by atoms with Crippen molar-refractivity contribution in [1.82, 2.24) is 5.32 Å². The SMILES string of the molecule is CCc1ccc(N(CC(=O)N[C@H](CC)c2ccc(OC)cc2)S(C)(=O)=O)cc1. The van der Waals surface area contributed by atoms with E-state index in [4.69, 9.17) is 4.74 Å². The van der Waals surface area contributed by atoms with Gasteiger partial charge in [0.15, 0.2) is 0 Å². The van der Waals surface area contributed by atoms with Crippen molar-refractivity contribution < 1.29 is 17.9 Å². The summed E-state index contributed by atoms with van der Waals surface area (Å²) in [5.41, 5.74) is 2.52. The normalized spacial score (nSPS) is 12.3. The fourth-order valence-electron chi connectivity index (χ4n) is 2.93. The number of aryl methyl sites for hydroxylation is 1. The van der Waals surface area contributed by atoms with Crippen LogP contribution in [0.2, 0.25) is 0 Å². The van der Waals surface area contributed by atoms with E-state index in [-0.39, 0.29) is 18.5 Å². The first kappa shape index (κ1) is 21.8. The van der Waals surface area contributed by atoms with Gasteiger partial charge in [-0.2, -0.15) is 0 Å². The minimum Gasteiger partial charge on any atom is -0.497 e. The second-order valence-electron chi connectivity index (χ2n) is 6.59. The molecule has 28 heavy (non-hydrogen) atoms. The largest absolute Gasteiger partial charge is 0.497 e. The summed E-state index contributed by atoms with van der Waals surface area (Å²) in [4.78, 5) is 12.6. The number of nitrogens with one attached hydrogen (secondary N) is 1. The molecule has 0 fully saturated rings. The Morgan fingerprint density at radius 3 is 2.14 bits per heavy atom. The number of amides is 1. The molecule has 0 saturated heterocycles. The quantitative estimate of drug-likeness (QED) is 0.696. The predicted octanol–water partition coefficient (Wildman–Crippen LogP) is 3.29. The van der Waals surface area contributed by atoms with Crippen molar-refractivity contribution in [3.63, 3.8) is 0 Å². The van der Waals surface area contributed by atoms with Gasteiger partial charge in [-0.25, -0.2) is 8.42 Å². The minimum absolute atomic E-state index is 0.206. The second-order valence-corrected chi connectivity index (χ2v) is 8.50. The van der Waals surface area contributed by atoms with E-state index in [9.17, 15) is 13.2 Å². The molecule has 7 heteroatoms. The first-order valence-corrected chi connectivity index (χ1v) is 11.1. The molecule has 0 aromatic heterocycles. The van der Waals surface area contributed by atoms with Crippen molar-refractivity contribution in [3.8, 4) is 5.75 Å². The van der Waals surface area contributed by atoms with Crippen LogP contribution in [0, 0.1) is 0 Å². The zero-order valence-corrected chi connectivity index (χ0v) is 17.6. The van der Waals surface area contributed by atoms with Crippen molar-refractivity contribution >= 4 is 21.6 Å². The van der Waals surface area contributed by atoms with Crippen LogP contribution >= 0.6 is 0 Å². The molecule has 1 N–H and O–H groups in total. The van der Waals surface area contributed by atoms with Crippen molar-refractivity contribution in [2.45, 2.75) is 32.7 Å². The summed E-state index contributed by atoms with van der Waals surface area (Å²) in [6, 6.07) is 14.5. The summed E-state index contributed by atoms with van der Waals surface area (Å²) in [6.07, 6.45) is 2.65. The predicted molar refractivity (Wildman–Crippen MR) is 112 cm³/mol. The van der Waals surface area contributed by atoms with Crippen LogP contribution in [0.15, 0.2) is 48.5 Å². The molecule has 0 bridgehead atoms. The summed E-state index contributed by atoms with van der Waals surface area (Å²) in [5, 5.41) is 2.93. The van der Waals surface area contributed by atoms with Crippen LogP contribution in [0.3, 0.4) is 0 Å². The molecule has 0 spiro atoms. The average molecular weight is 405 g/mol. The number of ether oxygens (including phenoxy) is 1. The number of hydrogen-bond donors (Lipinski definition) is 1. The van der Waals surface area contributed by atoms with E-state index in [0.29, 0.717) is 12.1 Å². The van der Waals surface area contributed by atoms with Gasteiger partial charge in [-0.1, -0.05) is 38.1 Å². The summed E-state index contributed by atoms with van der Waals surface area (Å²) in [5.74, 6) is 0.386. The van der Waals surface area contributed by atoms with Gasteiger partial charge in [0.2, 0.25) is 15.9 Å². The summed E-state index contributed by atoms with van der Waals surface area (Å²) < 4.78 is 30.8. The minimum atomic E-state index is -3.59. The molecule has 0 radical (unpaired) electrons. The third-order valence-electron chi connectivity index (χ3n) is 4.58. The Morgan fingerprint density at radius 2 is 1.68 bits per heavy atom. The lowest BCUT2D eigenvalue weighted by Gasteiger charge is -2.24. The molecule has 152 valence electrons. The second kappa shape index (κ2) is 9.59. The number of hydrogen-bond acceptors (Lipinski definition) is 4. The Bertz CT molecular complexity index is 878. The number of nitrogens with zero attached hydrogens (tertiary/aromatic N) is 1. The maximum absolute atomic E-state index is 12.6. The van der Waals surface area contributed by atoms with Crippen LogP contribution < -0.4 is 14.4 Å². The average Bonchev–Trinajstić information content (AvgIpc) is 2.69. The van der Waals surface area contributed by atoms with E-state index in [1.807, 2.05) is 50.2 Å².